The molecule has 0 atom stereocenters. The van der Waals surface area contributed by atoms with Gasteiger partial charge >= 0.3 is 0 Å². The molecule has 2 N–H and O–H groups in total. The Kier molecular flexibility index (Phi) is 4.33. The standard InChI is InChI=1S/C9H11ClN2O3/c10-8-6-7(12(14)15)2-3-9(8)11-4-1-5-13/h2-3,6,11,13H,1,4-5H2. The zero-order valence-electron chi connectivity index (χ0n) is 7.94. The van der Waals surface area contributed by atoms with E-state index in [1.165, 1.54) is 12.1 Å². The van der Waals surface area contributed by atoms with Crippen LogP contribution in [-0.4, -0.2) is 23.2 Å². The highest BCUT2D eigenvalue weighted by Crippen LogP contribution is 2.26. The SMILES string of the molecule is O=[N+]([O-])c1ccc(NCCCO)c(Cl)c1. The second-order valence-corrected chi connectivity index (χ2v) is 3.33. The highest BCUT2D eigenvalue weighted by molar-refractivity contribution is 6.33. The van der Waals surface area contributed by atoms with Crippen molar-refractivity contribution in [2.24, 2.45) is 0 Å². The minimum Gasteiger partial charge on any atom is -0.396 e. The van der Waals surface area contributed by atoms with E-state index >= 15 is 0 Å². The van der Waals surface area contributed by atoms with Crippen LogP contribution in [0.4, 0.5) is 11.4 Å². The lowest BCUT2D eigenvalue weighted by Gasteiger charge is -2.06. The van der Waals surface area contributed by atoms with Gasteiger partial charge in [0.25, 0.3) is 5.69 Å². The van der Waals surface area contributed by atoms with E-state index in [1.807, 2.05) is 0 Å². The molecule has 0 heterocycles. The third-order valence-corrected chi connectivity index (χ3v) is 2.13. The molecular formula is C9H11ClN2O3. The lowest BCUT2D eigenvalue weighted by atomic mass is 10.3. The summed E-state index contributed by atoms with van der Waals surface area (Å²) in [7, 11) is 0. The molecule has 0 bridgehead atoms. The maximum Gasteiger partial charge on any atom is 0.271 e. The molecule has 1 aromatic rings. The number of aliphatic hydroxyl groups excluding tert-OH is 1. The number of aliphatic hydroxyl groups is 1. The number of nitro benzene ring substituents is 1. The summed E-state index contributed by atoms with van der Waals surface area (Å²) < 4.78 is 0. The number of benzene rings is 1. The van der Waals surface area contributed by atoms with Gasteiger partial charge in [0.15, 0.2) is 0 Å². The van der Waals surface area contributed by atoms with Gasteiger partial charge < -0.3 is 10.4 Å². The fourth-order valence-electron chi connectivity index (χ4n) is 1.06. The zero-order valence-corrected chi connectivity index (χ0v) is 8.70. The number of non-ortho nitro benzene ring substituents is 1. The lowest BCUT2D eigenvalue weighted by Crippen LogP contribution is -2.03. The number of nitrogens with zero attached hydrogens (tertiary/aromatic N) is 1. The molecule has 0 amide bonds. The predicted octanol–water partition coefficient (Wildman–Crippen LogP) is 2.04. The van der Waals surface area contributed by atoms with E-state index in [0.717, 1.165) is 0 Å². The summed E-state index contributed by atoms with van der Waals surface area (Å²) in [4.78, 5) is 9.92. The van der Waals surface area contributed by atoms with Crippen molar-refractivity contribution in [1.29, 1.82) is 0 Å². The average Bonchev–Trinajstić information content (AvgIpc) is 2.20. The van der Waals surface area contributed by atoms with Crippen LogP contribution in [0.2, 0.25) is 5.02 Å². The van der Waals surface area contributed by atoms with Crippen molar-refractivity contribution < 1.29 is 10.0 Å². The monoisotopic (exact) mass is 230 g/mol. The highest BCUT2D eigenvalue weighted by Gasteiger charge is 2.08. The Labute approximate surface area is 91.8 Å². The lowest BCUT2D eigenvalue weighted by molar-refractivity contribution is -0.384. The summed E-state index contributed by atoms with van der Waals surface area (Å²) in [6.07, 6.45) is 0.604. The third kappa shape index (κ3) is 3.38. The normalized spacial score (nSPS) is 10.0. The van der Waals surface area contributed by atoms with E-state index in [4.69, 9.17) is 16.7 Å². The number of anilines is 1. The Bertz CT molecular complexity index is 357. The summed E-state index contributed by atoms with van der Waals surface area (Å²) in [6.45, 7) is 0.672. The summed E-state index contributed by atoms with van der Waals surface area (Å²) in [5, 5.41) is 22.3. The molecule has 1 aromatic carbocycles. The van der Waals surface area contributed by atoms with Gasteiger partial charge in [0.1, 0.15) is 0 Å². The number of hydrogen-bond acceptors (Lipinski definition) is 4. The van der Waals surface area contributed by atoms with Crippen LogP contribution in [0.25, 0.3) is 0 Å². The number of nitro groups is 1. The first-order valence-corrected chi connectivity index (χ1v) is 4.81. The summed E-state index contributed by atoms with van der Waals surface area (Å²) in [6, 6.07) is 4.23. The second kappa shape index (κ2) is 5.53. The van der Waals surface area contributed by atoms with Gasteiger partial charge in [0.2, 0.25) is 0 Å². The molecular weight excluding hydrogens is 220 g/mol. The molecule has 0 saturated heterocycles. The Morgan fingerprint density at radius 1 is 1.53 bits per heavy atom. The highest BCUT2D eigenvalue weighted by atomic mass is 35.5. The van der Waals surface area contributed by atoms with E-state index in [1.54, 1.807) is 6.07 Å². The van der Waals surface area contributed by atoms with Crippen molar-refractivity contribution in [2.45, 2.75) is 6.42 Å². The second-order valence-electron chi connectivity index (χ2n) is 2.93. The first-order chi connectivity index (χ1) is 7.15. The van der Waals surface area contributed by atoms with E-state index in [0.29, 0.717) is 23.7 Å². The molecule has 1 rings (SSSR count). The number of rotatable bonds is 5. The maximum atomic E-state index is 10.4. The van der Waals surface area contributed by atoms with Crippen LogP contribution < -0.4 is 5.32 Å². The Hall–Kier alpha value is -1.33. The van der Waals surface area contributed by atoms with Crippen molar-refractivity contribution in [2.75, 3.05) is 18.5 Å². The van der Waals surface area contributed by atoms with Gasteiger partial charge in [-0.3, -0.25) is 10.1 Å². The largest absolute Gasteiger partial charge is 0.396 e. The van der Waals surface area contributed by atoms with Crippen molar-refractivity contribution in [3.8, 4) is 0 Å². The van der Waals surface area contributed by atoms with E-state index in [2.05, 4.69) is 5.32 Å². The molecule has 6 heteroatoms. The maximum absolute atomic E-state index is 10.4. The van der Waals surface area contributed by atoms with E-state index in [-0.39, 0.29) is 12.3 Å². The van der Waals surface area contributed by atoms with Gasteiger partial charge in [-0.05, 0) is 12.5 Å². The molecule has 0 aliphatic rings. The quantitative estimate of drug-likeness (QED) is 0.461. The first-order valence-electron chi connectivity index (χ1n) is 4.44. The van der Waals surface area contributed by atoms with Gasteiger partial charge in [-0.1, -0.05) is 11.6 Å². The molecule has 0 radical (unpaired) electrons. The molecule has 5 nitrogen and oxygen atoms in total. The summed E-state index contributed by atoms with van der Waals surface area (Å²) in [5.74, 6) is 0. The van der Waals surface area contributed by atoms with Crippen LogP contribution in [0.5, 0.6) is 0 Å². The molecule has 82 valence electrons. The molecule has 0 saturated carbocycles. The number of hydrogen-bond donors (Lipinski definition) is 2. The number of halogens is 1. The molecule has 0 spiro atoms. The summed E-state index contributed by atoms with van der Waals surface area (Å²) in [5.41, 5.74) is 0.600. The van der Waals surface area contributed by atoms with Gasteiger partial charge in [-0.15, -0.1) is 0 Å². The van der Waals surface area contributed by atoms with Crippen LogP contribution in [-0.2, 0) is 0 Å². The molecule has 0 aliphatic heterocycles. The topological polar surface area (TPSA) is 75.4 Å². The molecule has 0 aliphatic carbocycles. The van der Waals surface area contributed by atoms with Crippen LogP contribution in [0, 0.1) is 10.1 Å². The summed E-state index contributed by atoms with van der Waals surface area (Å²) >= 11 is 5.82. The first kappa shape index (κ1) is 11.7. The molecule has 0 unspecified atom stereocenters. The molecule has 0 fully saturated rings. The zero-order chi connectivity index (χ0) is 11.3. The van der Waals surface area contributed by atoms with Gasteiger partial charge in [-0.25, -0.2) is 0 Å². The predicted molar refractivity (Wildman–Crippen MR) is 58.3 cm³/mol. The van der Waals surface area contributed by atoms with Crippen LogP contribution in [0.3, 0.4) is 0 Å². The minimum absolute atomic E-state index is 0.0345. The van der Waals surface area contributed by atoms with Crippen LogP contribution in [0.15, 0.2) is 18.2 Å². The fraction of sp³-hybridized carbons (Fsp3) is 0.333. The molecule has 15 heavy (non-hydrogen) atoms. The van der Waals surface area contributed by atoms with Gasteiger partial charge in [0.05, 0.1) is 15.6 Å². The Morgan fingerprint density at radius 3 is 2.80 bits per heavy atom. The third-order valence-electron chi connectivity index (χ3n) is 1.81. The van der Waals surface area contributed by atoms with Gasteiger partial charge in [-0.2, -0.15) is 0 Å². The van der Waals surface area contributed by atoms with Crippen LogP contribution in [0.1, 0.15) is 6.42 Å². The van der Waals surface area contributed by atoms with E-state index in [9.17, 15) is 10.1 Å². The Balaban J connectivity index is 2.70. The smallest absolute Gasteiger partial charge is 0.271 e. The van der Waals surface area contributed by atoms with Crippen molar-refractivity contribution in [3.05, 3.63) is 33.3 Å². The van der Waals surface area contributed by atoms with Crippen LogP contribution >= 0.6 is 11.6 Å². The van der Waals surface area contributed by atoms with Crippen molar-refractivity contribution >= 4 is 23.0 Å². The fourth-order valence-corrected chi connectivity index (χ4v) is 1.30. The molecule has 0 aromatic heterocycles. The van der Waals surface area contributed by atoms with Gasteiger partial charge in [0, 0.05) is 25.3 Å². The van der Waals surface area contributed by atoms with Crippen molar-refractivity contribution in [1.82, 2.24) is 0 Å². The van der Waals surface area contributed by atoms with Crippen molar-refractivity contribution in [3.63, 3.8) is 0 Å². The average molecular weight is 231 g/mol. The minimum atomic E-state index is -0.497. The van der Waals surface area contributed by atoms with E-state index < -0.39 is 4.92 Å². The Morgan fingerprint density at radius 2 is 2.27 bits per heavy atom. The number of nitrogens with one attached hydrogen (secondary N) is 1.